The van der Waals surface area contributed by atoms with E-state index in [0.29, 0.717) is 16.6 Å². The Bertz CT molecular complexity index is 797. The van der Waals surface area contributed by atoms with Crippen LogP contribution in [0.15, 0.2) is 48.5 Å². The molecule has 5 nitrogen and oxygen atoms in total. The van der Waals surface area contributed by atoms with Crippen molar-refractivity contribution in [2.75, 3.05) is 45.7 Å². The van der Waals surface area contributed by atoms with E-state index in [1.54, 1.807) is 18.1 Å². The number of carbonyl (C=O) groups excluding carboxylic acids is 1. The number of nitrogens with zero attached hydrogens (tertiary/aromatic N) is 2. The molecule has 6 heteroatoms. The molecule has 0 unspecified atom stereocenters. The Morgan fingerprint density at radius 1 is 1.24 bits per heavy atom. The summed E-state index contributed by atoms with van der Waals surface area (Å²) in [6.45, 7) is 3.94. The number of ether oxygens (including phenoxy) is 1. The van der Waals surface area contributed by atoms with E-state index in [4.69, 9.17) is 16.3 Å². The average molecular weight is 416 g/mol. The fraction of sp³-hybridized carbons (Fsp3) is 0.435. The van der Waals surface area contributed by atoms with E-state index in [0.717, 1.165) is 44.8 Å². The van der Waals surface area contributed by atoms with Crippen LogP contribution in [0.4, 0.5) is 10.5 Å². The van der Waals surface area contributed by atoms with Gasteiger partial charge in [0.15, 0.2) is 0 Å². The van der Waals surface area contributed by atoms with Crippen molar-refractivity contribution >= 4 is 23.3 Å². The van der Waals surface area contributed by atoms with Gasteiger partial charge < -0.3 is 19.9 Å². The first-order valence-corrected chi connectivity index (χ1v) is 10.5. The van der Waals surface area contributed by atoms with E-state index >= 15 is 0 Å². The Morgan fingerprint density at radius 2 is 2.00 bits per heavy atom. The largest absolute Gasteiger partial charge is 0.497 e. The number of hydrogen-bond acceptors (Lipinski definition) is 3. The number of amides is 2. The Kier molecular flexibility index (Phi) is 7.78. The summed E-state index contributed by atoms with van der Waals surface area (Å²) in [4.78, 5) is 16.8. The molecule has 1 atom stereocenters. The minimum atomic E-state index is -0.117. The summed E-state index contributed by atoms with van der Waals surface area (Å²) in [5.41, 5.74) is 1.97. The van der Waals surface area contributed by atoms with Crippen LogP contribution in [0.25, 0.3) is 0 Å². The third-order valence-corrected chi connectivity index (χ3v) is 5.80. The molecule has 2 aromatic carbocycles. The molecule has 29 heavy (non-hydrogen) atoms. The van der Waals surface area contributed by atoms with Gasteiger partial charge in [-0.05, 0) is 61.6 Å². The highest BCUT2D eigenvalue weighted by atomic mass is 35.5. The molecule has 0 aromatic heterocycles. The molecule has 0 radical (unpaired) electrons. The van der Waals surface area contributed by atoms with Gasteiger partial charge >= 0.3 is 6.03 Å². The lowest BCUT2D eigenvalue weighted by atomic mass is 9.97. The normalized spacial score (nSPS) is 17.0. The molecule has 0 aliphatic carbocycles. The van der Waals surface area contributed by atoms with Crippen LogP contribution in [0.1, 0.15) is 18.4 Å². The van der Waals surface area contributed by atoms with Gasteiger partial charge in [0, 0.05) is 26.7 Å². The second kappa shape index (κ2) is 10.5. The molecule has 1 aliphatic rings. The van der Waals surface area contributed by atoms with Crippen LogP contribution < -0.4 is 10.1 Å². The maximum atomic E-state index is 12.5. The van der Waals surface area contributed by atoms with Gasteiger partial charge in [0.05, 0.1) is 17.8 Å². The van der Waals surface area contributed by atoms with Gasteiger partial charge in [-0.15, -0.1) is 0 Å². The zero-order valence-electron chi connectivity index (χ0n) is 17.2. The van der Waals surface area contributed by atoms with Gasteiger partial charge in [-0.25, -0.2) is 4.79 Å². The molecule has 0 spiro atoms. The number of nitrogens with one attached hydrogen (secondary N) is 1. The van der Waals surface area contributed by atoms with E-state index in [1.807, 2.05) is 37.4 Å². The number of para-hydroxylation sites is 1. The molecule has 0 bridgehead atoms. The molecule has 0 saturated carbocycles. The van der Waals surface area contributed by atoms with Crippen molar-refractivity contribution in [3.63, 3.8) is 0 Å². The van der Waals surface area contributed by atoms with Gasteiger partial charge in [0.25, 0.3) is 0 Å². The van der Waals surface area contributed by atoms with Crippen LogP contribution in [0.3, 0.4) is 0 Å². The van der Waals surface area contributed by atoms with Gasteiger partial charge in [0.2, 0.25) is 0 Å². The van der Waals surface area contributed by atoms with Crippen molar-refractivity contribution in [1.82, 2.24) is 9.80 Å². The quantitative estimate of drug-likeness (QED) is 0.708. The molecular formula is C23H30ClN3O2. The van der Waals surface area contributed by atoms with Crippen LogP contribution in [0.2, 0.25) is 5.02 Å². The summed E-state index contributed by atoms with van der Waals surface area (Å²) >= 11 is 6.14. The first kappa shape index (κ1) is 21.5. The Hall–Kier alpha value is -2.24. The highest BCUT2D eigenvalue weighted by Crippen LogP contribution is 2.22. The number of hydrogen-bond donors (Lipinski definition) is 1. The maximum Gasteiger partial charge on any atom is 0.321 e. The molecule has 2 aromatic rings. The summed E-state index contributed by atoms with van der Waals surface area (Å²) < 4.78 is 5.22. The number of carbonyl (C=O) groups is 1. The zero-order valence-corrected chi connectivity index (χ0v) is 18.0. The van der Waals surface area contributed by atoms with E-state index < -0.39 is 0 Å². The number of piperidine rings is 1. The average Bonchev–Trinajstić information content (AvgIpc) is 2.74. The van der Waals surface area contributed by atoms with Crippen LogP contribution in [-0.2, 0) is 6.42 Å². The van der Waals surface area contributed by atoms with Gasteiger partial charge in [-0.3, -0.25) is 0 Å². The topological polar surface area (TPSA) is 44.8 Å². The fourth-order valence-corrected chi connectivity index (χ4v) is 4.01. The number of likely N-dealkylation sites (tertiary alicyclic amines) is 1. The molecule has 2 amide bonds. The second-order valence-corrected chi connectivity index (χ2v) is 8.10. The number of anilines is 1. The lowest BCUT2D eigenvalue weighted by Crippen LogP contribution is -2.43. The minimum absolute atomic E-state index is 0.117. The van der Waals surface area contributed by atoms with Gasteiger partial charge in [-0.1, -0.05) is 35.9 Å². The lowest BCUT2D eigenvalue weighted by Gasteiger charge is -2.34. The highest BCUT2D eigenvalue weighted by Gasteiger charge is 2.22. The number of benzene rings is 2. The summed E-state index contributed by atoms with van der Waals surface area (Å²) in [5, 5.41) is 3.45. The molecule has 1 N–H and O–H groups in total. The molecule has 1 heterocycles. The molecule has 3 rings (SSSR count). The molecule has 1 fully saturated rings. The van der Waals surface area contributed by atoms with Crippen molar-refractivity contribution in [3.05, 3.63) is 59.1 Å². The van der Waals surface area contributed by atoms with Crippen molar-refractivity contribution in [3.8, 4) is 5.75 Å². The number of rotatable bonds is 7. The molecular weight excluding hydrogens is 386 g/mol. The smallest absolute Gasteiger partial charge is 0.321 e. The highest BCUT2D eigenvalue weighted by molar-refractivity contribution is 6.33. The summed E-state index contributed by atoms with van der Waals surface area (Å²) in [7, 11) is 3.54. The summed E-state index contributed by atoms with van der Waals surface area (Å²) in [6, 6.07) is 15.5. The van der Waals surface area contributed by atoms with E-state index in [9.17, 15) is 4.79 Å². The molecule has 1 aliphatic heterocycles. The standard InChI is InChI=1S/C23H30ClN3O2/c1-26(23(28)25-22-8-4-3-7-21(22)24)16-19-6-5-14-27(17-19)15-13-18-9-11-20(29-2)12-10-18/h3-4,7-12,19H,5-6,13-17H2,1-2H3,(H,25,28)/t19-/m0/s1. The van der Waals surface area contributed by atoms with Crippen LogP contribution >= 0.6 is 11.6 Å². The third-order valence-electron chi connectivity index (χ3n) is 5.47. The van der Waals surface area contributed by atoms with Crippen molar-refractivity contribution in [2.24, 2.45) is 5.92 Å². The number of methoxy groups -OCH3 is 1. The monoisotopic (exact) mass is 415 g/mol. The SMILES string of the molecule is COc1ccc(CCN2CCC[C@@H](CN(C)C(=O)Nc3ccccc3Cl)C2)cc1. The van der Waals surface area contributed by atoms with E-state index in [-0.39, 0.29) is 6.03 Å². The predicted octanol–water partition coefficient (Wildman–Crippen LogP) is 4.77. The number of halogens is 1. The Balaban J connectivity index is 1.45. The second-order valence-electron chi connectivity index (χ2n) is 7.70. The third kappa shape index (κ3) is 6.38. The fourth-order valence-electron chi connectivity index (χ4n) is 3.83. The summed E-state index contributed by atoms with van der Waals surface area (Å²) in [6.07, 6.45) is 3.36. The van der Waals surface area contributed by atoms with Crippen LogP contribution in [0, 0.1) is 5.92 Å². The predicted molar refractivity (Wildman–Crippen MR) is 119 cm³/mol. The van der Waals surface area contributed by atoms with Crippen molar-refractivity contribution < 1.29 is 9.53 Å². The van der Waals surface area contributed by atoms with Gasteiger partial charge in [-0.2, -0.15) is 0 Å². The first-order chi connectivity index (χ1) is 14.0. The van der Waals surface area contributed by atoms with Crippen LogP contribution in [0.5, 0.6) is 5.75 Å². The Morgan fingerprint density at radius 3 is 2.72 bits per heavy atom. The van der Waals surface area contributed by atoms with Gasteiger partial charge in [0.1, 0.15) is 5.75 Å². The zero-order chi connectivity index (χ0) is 20.6. The minimum Gasteiger partial charge on any atom is -0.497 e. The van der Waals surface area contributed by atoms with E-state index in [2.05, 4.69) is 22.3 Å². The summed E-state index contributed by atoms with van der Waals surface area (Å²) in [5.74, 6) is 1.38. The number of urea groups is 1. The van der Waals surface area contributed by atoms with Crippen molar-refractivity contribution in [1.29, 1.82) is 0 Å². The molecule has 156 valence electrons. The van der Waals surface area contributed by atoms with E-state index in [1.165, 1.54) is 12.0 Å². The Labute approximate surface area is 178 Å². The lowest BCUT2D eigenvalue weighted by molar-refractivity contribution is 0.150. The molecule has 1 saturated heterocycles. The van der Waals surface area contributed by atoms with Crippen molar-refractivity contribution in [2.45, 2.75) is 19.3 Å². The first-order valence-electron chi connectivity index (χ1n) is 10.2. The van der Waals surface area contributed by atoms with Crippen LogP contribution in [-0.4, -0.2) is 56.2 Å². The maximum absolute atomic E-state index is 12.5.